The largest absolute Gasteiger partial charge is 0.497 e. The number of benzene rings is 2. The zero-order chi connectivity index (χ0) is 22.3. The van der Waals surface area contributed by atoms with Crippen molar-refractivity contribution >= 4 is 29.0 Å². The summed E-state index contributed by atoms with van der Waals surface area (Å²) >= 11 is 0. The predicted molar refractivity (Wildman–Crippen MR) is 126 cm³/mol. The molecule has 9 heteroatoms. The molecule has 0 aliphatic carbocycles. The van der Waals surface area contributed by atoms with Crippen LogP contribution in [0, 0.1) is 6.92 Å². The van der Waals surface area contributed by atoms with Gasteiger partial charge in [0.2, 0.25) is 11.9 Å². The van der Waals surface area contributed by atoms with Crippen LogP contribution in [0.1, 0.15) is 5.82 Å². The minimum absolute atomic E-state index is 0.188. The van der Waals surface area contributed by atoms with E-state index in [2.05, 4.69) is 35.4 Å². The monoisotopic (exact) mass is 435 g/mol. The number of nitrogens with one attached hydrogen (secondary N) is 2. The summed E-state index contributed by atoms with van der Waals surface area (Å²) in [5.74, 6) is 2.71. The summed E-state index contributed by atoms with van der Waals surface area (Å²) in [6.07, 6.45) is 0. The quantitative estimate of drug-likeness (QED) is 0.493. The van der Waals surface area contributed by atoms with Gasteiger partial charge in [-0.1, -0.05) is 0 Å². The van der Waals surface area contributed by atoms with E-state index in [1.807, 2.05) is 55.5 Å². The number of β-amino-alcohol motifs (C(OH)–C–C–N with tert-alkyl or cyclic N) is 1. The molecule has 4 rings (SSSR count). The van der Waals surface area contributed by atoms with E-state index in [9.17, 15) is 0 Å². The first-order valence-corrected chi connectivity index (χ1v) is 10.7. The first-order valence-electron chi connectivity index (χ1n) is 10.7. The van der Waals surface area contributed by atoms with Gasteiger partial charge in [-0.3, -0.25) is 4.90 Å². The highest BCUT2D eigenvalue weighted by atomic mass is 16.5. The second-order valence-corrected chi connectivity index (χ2v) is 7.61. The van der Waals surface area contributed by atoms with Crippen LogP contribution in [-0.2, 0) is 0 Å². The Morgan fingerprint density at radius 2 is 1.44 bits per heavy atom. The third-order valence-electron chi connectivity index (χ3n) is 5.33. The second-order valence-electron chi connectivity index (χ2n) is 7.61. The van der Waals surface area contributed by atoms with Gasteiger partial charge < -0.3 is 25.4 Å². The molecular formula is C23H29N7O2. The average molecular weight is 436 g/mol. The molecule has 1 aliphatic heterocycles. The molecule has 3 N–H and O–H groups in total. The molecule has 9 nitrogen and oxygen atoms in total. The first-order chi connectivity index (χ1) is 15.6. The van der Waals surface area contributed by atoms with Crippen molar-refractivity contribution in [2.45, 2.75) is 6.92 Å². The Balaban J connectivity index is 1.39. The van der Waals surface area contributed by atoms with E-state index in [-0.39, 0.29) is 6.61 Å². The lowest BCUT2D eigenvalue weighted by molar-refractivity contribution is 0.188. The number of anilines is 5. The Morgan fingerprint density at radius 1 is 0.844 bits per heavy atom. The van der Waals surface area contributed by atoms with E-state index in [0.717, 1.165) is 49.0 Å². The van der Waals surface area contributed by atoms with Crippen LogP contribution < -0.4 is 20.3 Å². The summed E-state index contributed by atoms with van der Waals surface area (Å²) in [5.41, 5.74) is 2.87. The van der Waals surface area contributed by atoms with Gasteiger partial charge in [0, 0.05) is 49.8 Å². The predicted octanol–water partition coefficient (Wildman–Crippen LogP) is 2.79. The number of ether oxygens (including phenoxy) is 1. The number of hydrogen-bond donors (Lipinski definition) is 3. The smallest absolute Gasteiger partial charge is 0.232 e. The summed E-state index contributed by atoms with van der Waals surface area (Å²) in [4.78, 5) is 18.0. The van der Waals surface area contributed by atoms with Crippen molar-refractivity contribution < 1.29 is 9.84 Å². The fraction of sp³-hybridized carbons (Fsp3) is 0.348. The molecule has 2 heterocycles. The molecule has 32 heavy (non-hydrogen) atoms. The maximum atomic E-state index is 9.12. The lowest BCUT2D eigenvalue weighted by Crippen LogP contribution is -2.47. The molecule has 0 atom stereocenters. The number of aryl methyl sites for hydroxylation is 1. The van der Waals surface area contributed by atoms with E-state index >= 15 is 0 Å². The zero-order valence-corrected chi connectivity index (χ0v) is 18.5. The molecule has 3 aromatic rings. The van der Waals surface area contributed by atoms with Crippen molar-refractivity contribution in [1.82, 2.24) is 19.9 Å². The topological polar surface area (TPSA) is 98.7 Å². The van der Waals surface area contributed by atoms with Crippen molar-refractivity contribution in [2.75, 3.05) is 62.0 Å². The highest BCUT2D eigenvalue weighted by Gasteiger charge is 2.19. The van der Waals surface area contributed by atoms with Crippen LogP contribution in [0.5, 0.6) is 5.75 Å². The molecule has 0 saturated carbocycles. The number of aromatic nitrogens is 3. The number of aliphatic hydroxyl groups is 1. The maximum absolute atomic E-state index is 9.12. The van der Waals surface area contributed by atoms with Crippen LogP contribution in [0.4, 0.5) is 29.0 Å². The van der Waals surface area contributed by atoms with Crippen LogP contribution in [0.3, 0.4) is 0 Å². The summed E-state index contributed by atoms with van der Waals surface area (Å²) in [5, 5.41) is 15.8. The number of nitrogens with zero attached hydrogens (tertiary/aromatic N) is 5. The highest BCUT2D eigenvalue weighted by Crippen LogP contribution is 2.23. The summed E-state index contributed by atoms with van der Waals surface area (Å²) in [6, 6.07) is 15.8. The van der Waals surface area contributed by atoms with E-state index in [0.29, 0.717) is 24.3 Å². The number of aliphatic hydroxyl groups excluding tert-OH is 1. The van der Waals surface area contributed by atoms with Crippen LogP contribution in [0.2, 0.25) is 0 Å². The number of piperazine rings is 1. The number of methoxy groups -OCH3 is 1. The summed E-state index contributed by atoms with van der Waals surface area (Å²) in [7, 11) is 1.66. The van der Waals surface area contributed by atoms with Crippen molar-refractivity contribution in [1.29, 1.82) is 0 Å². The van der Waals surface area contributed by atoms with Gasteiger partial charge >= 0.3 is 0 Å². The van der Waals surface area contributed by atoms with E-state index < -0.39 is 0 Å². The fourth-order valence-electron chi connectivity index (χ4n) is 3.58. The first kappa shape index (κ1) is 21.8. The van der Waals surface area contributed by atoms with Gasteiger partial charge in [0.25, 0.3) is 0 Å². The second kappa shape index (κ2) is 10.3. The molecule has 0 unspecified atom stereocenters. The number of rotatable bonds is 8. The minimum atomic E-state index is 0.188. The normalized spacial score (nSPS) is 14.3. The van der Waals surface area contributed by atoms with Gasteiger partial charge in [-0.2, -0.15) is 15.0 Å². The summed E-state index contributed by atoms with van der Waals surface area (Å²) in [6.45, 7) is 6.20. The molecule has 1 aromatic heterocycles. The van der Waals surface area contributed by atoms with Crippen LogP contribution in [0.25, 0.3) is 0 Å². The van der Waals surface area contributed by atoms with Crippen LogP contribution in [-0.4, -0.2) is 71.4 Å². The third kappa shape index (κ3) is 5.63. The molecule has 0 bridgehead atoms. The van der Waals surface area contributed by atoms with Gasteiger partial charge in [0.1, 0.15) is 11.6 Å². The number of hydrogen-bond acceptors (Lipinski definition) is 9. The van der Waals surface area contributed by atoms with Gasteiger partial charge in [-0.15, -0.1) is 0 Å². The lowest BCUT2D eigenvalue weighted by Gasteiger charge is -2.34. The molecule has 1 aliphatic rings. The van der Waals surface area contributed by atoms with E-state index in [4.69, 9.17) is 9.84 Å². The SMILES string of the molecule is COc1ccc(Nc2ccc(Nc3nc(C)nc(N4CCN(CCO)CC4)n3)cc2)cc1. The molecule has 0 spiro atoms. The molecule has 0 amide bonds. The Labute approximate surface area is 188 Å². The zero-order valence-electron chi connectivity index (χ0n) is 18.5. The van der Waals surface area contributed by atoms with Crippen LogP contribution >= 0.6 is 0 Å². The fourth-order valence-corrected chi connectivity index (χ4v) is 3.58. The van der Waals surface area contributed by atoms with Gasteiger partial charge in [0.15, 0.2) is 0 Å². The Morgan fingerprint density at radius 3 is 2.03 bits per heavy atom. The molecule has 1 saturated heterocycles. The standard InChI is InChI=1S/C23H29N7O2/c1-17-24-22(28-23(25-17)30-13-11-29(12-14-30)15-16-31)27-20-5-3-18(4-6-20)26-19-7-9-21(32-2)10-8-19/h3-10,26,31H,11-16H2,1-2H3,(H,24,25,27,28). The molecule has 1 fully saturated rings. The Bertz CT molecular complexity index is 1000. The summed E-state index contributed by atoms with van der Waals surface area (Å²) < 4.78 is 5.20. The molecule has 0 radical (unpaired) electrons. The lowest BCUT2D eigenvalue weighted by atomic mass is 10.2. The maximum Gasteiger partial charge on any atom is 0.232 e. The molecular weight excluding hydrogens is 406 g/mol. The average Bonchev–Trinajstić information content (AvgIpc) is 2.81. The van der Waals surface area contributed by atoms with Crippen molar-refractivity contribution in [3.63, 3.8) is 0 Å². The minimum Gasteiger partial charge on any atom is -0.497 e. The van der Waals surface area contributed by atoms with Crippen LogP contribution in [0.15, 0.2) is 48.5 Å². The van der Waals surface area contributed by atoms with Crippen molar-refractivity contribution in [3.05, 3.63) is 54.4 Å². The van der Waals surface area contributed by atoms with Gasteiger partial charge in [0.05, 0.1) is 13.7 Å². The van der Waals surface area contributed by atoms with Gasteiger partial charge in [-0.25, -0.2) is 0 Å². The molecule has 2 aromatic carbocycles. The van der Waals surface area contributed by atoms with Crippen molar-refractivity contribution in [3.8, 4) is 5.75 Å². The third-order valence-corrected chi connectivity index (χ3v) is 5.33. The highest BCUT2D eigenvalue weighted by molar-refractivity contribution is 5.64. The van der Waals surface area contributed by atoms with Gasteiger partial charge in [-0.05, 0) is 55.5 Å². The Hall–Kier alpha value is -3.43. The Kier molecular flexibility index (Phi) is 6.98. The molecule has 168 valence electrons. The van der Waals surface area contributed by atoms with E-state index in [1.54, 1.807) is 7.11 Å². The van der Waals surface area contributed by atoms with E-state index in [1.165, 1.54) is 0 Å². The van der Waals surface area contributed by atoms with Crippen molar-refractivity contribution in [2.24, 2.45) is 0 Å².